The van der Waals surface area contributed by atoms with Gasteiger partial charge in [-0.1, -0.05) is 15.9 Å². The molecule has 1 fully saturated rings. The lowest BCUT2D eigenvalue weighted by molar-refractivity contribution is -0.385. The van der Waals surface area contributed by atoms with E-state index in [1.807, 2.05) is 0 Å². The van der Waals surface area contributed by atoms with E-state index >= 15 is 0 Å². The third-order valence-electron chi connectivity index (χ3n) is 2.99. The number of benzene rings is 1. The predicted octanol–water partition coefficient (Wildman–Crippen LogP) is 1.64. The Morgan fingerprint density at radius 1 is 1.42 bits per heavy atom. The maximum absolute atomic E-state index is 10.9. The molecule has 104 valence electrons. The summed E-state index contributed by atoms with van der Waals surface area (Å²) in [7, 11) is 0. The number of nitrogens with one attached hydrogen (secondary N) is 1. The summed E-state index contributed by atoms with van der Waals surface area (Å²) in [6.07, 6.45) is 0. The highest BCUT2D eigenvalue weighted by Gasteiger charge is 2.16. The molecule has 0 unspecified atom stereocenters. The van der Waals surface area contributed by atoms with Crippen LogP contribution in [0.1, 0.15) is 0 Å². The van der Waals surface area contributed by atoms with E-state index in [1.54, 1.807) is 12.1 Å². The molecule has 1 N–H and O–H groups in total. The van der Waals surface area contributed by atoms with E-state index in [-0.39, 0.29) is 5.69 Å². The summed E-state index contributed by atoms with van der Waals surface area (Å²) in [5.74, 6) is 0.323. The van der Waals surface area contributed by atoms with Gasteiger partial charge < -0.3 is 10.1 Å². The number of rotatable bonds is 5. The smallest absolute Gasteiger partial charge is 0.312 e. The minimum Gasteiger partial charge on any atom is -0.485 e. The molecule has 0 aromatic heterocycles. The number of nitro benzene ring substituents is 1. The van der Waals surface area contributed by atoms with Crippen LogP contribution >= 0.6 is 15.9 Å². The van der Waals surface area contributed by atoms with Crippen LogP contribution in [0.3, 0.4) is 0 Å². The number of nitrogens with zero attached hydrogens (tertiary/aromatic N) is 2. The molecule has 0 amide bonds. The Morgan fingerprint density at radius 2 is 2.16 bits per heavy atom. The van der Waals surface area contributed by atoms with Crippen molar-refractivity contribution < 1.29 is 9.66 Å². The molecule has 0 radical (unpaired) electrons. The molecule has 1 aromatic rings. The van der Waals surface area contributed by atoms with Gasteiger partial charge >= 0.3 is 5.69 Å². The van der Waals surface area contributed by atoms with Crippen LogP contribution in [-0.4, -0.2) is 49.2 Å². The highest BCUT2D eigenvalue weighted by atomic mass is 79.9. The van der Waals surface area contributed by atoms with Gasteiger partial charge in [-0.3, -0.25) is 15.0 Å². The largest absolute Gasteiger partial charge is 0.485 e. The van der Waals surface area contributed by atoms with Crippen molar-refractivity contribution in [2.45, 2.75) is 0 Å². The maximum Gasteiger partial charge on any atom is 0.312 e. The average molecular weight is 330 g/mol. The zero-order valence-corrected chi connectivity index (χ0v) is 12.1. The second-order valence-electron chi connectivity index (χ2n) is 4.31. The van der Waals surface area contributed by atoms with Gasteiger partial charge in [0.15, 0.2) is 5.75 Å². The fraction of sp³-hybridized carbons (Fsp3) is 0.500. The SMILES string of the molecule is O=[N+]([O-])c1cc(Br)ccc1OCCN1CCNCC1. The van der Waals surface area contributed by atoms with Crippen molar-refractivity contribution >= 4 is 21.6 Å². The van der Waals surface area contributed by atoms with E-state index in [4.69, 9.17) is 4.74 Å². The molecule has 0 aliphatic carbocycles. The summed E-state index contributed by atoms with van der Waals surface area (Å²) in [6, 6.07) is 4.83. The quantitative estimate of drug-likeness (QED) is 0.657. The third-order valence-corrected chi connectivity index (χ3v) is 3.49. The molecular weight excluding hydrogens is 314 g/mol. The molecule has 0 atom stereocenters. The van der Waals surface area contributed by atoms with Crippen LogP contribution in [0.4, 0.5) is 5.69 Å². The third kappa shape index (κ3) is 4.15. The molecule has 1 heterocycles. The zero-order valence-electron chi connectivity index (χ0n) is 10.5. The first-order valence-electron chi connectivity index (χ1n) is 6.16. The monoisotopic (exact) mass is 329 g/mol. The first kappa shape index (κ1) is 14.2. The van der Waals surface area contributed by atoms with Crippen LogP contribution in [0.15, 0.2) is 22.7 Å². The number of halogens is 1. The highest BCUT2D eigenvalue weighted by molar-refractivity contribution is 9.10. The normalized spacial score (nSPS) is 16.3. The van der Waals surface area contributed by atoms with Crippen LogP contribution in [-0.2, 0) is 0 Å². The van der Waals surface area contributed by atoms with E-state index < -0.39 is 4.92 Å². The van der Waals surface area contributed by atoms with Crippen LogP contribution in [0.2, 0.25) is 0 Å². The summed E-state index contributed by atoms with van der Waals surface area (Å²) in [6.45, 7) is 5.20. The summed E-state index contributed by atoms with van der Waals surface area (Å²) < 4.78 is 6.21. The van der Waals surface area contributed by atoms with Gasteiger partial charge in [0.05, 0.1) is 4.92 Å². The molecule has 2 rings (SSSR count). The first-order valence-corrected chi connectivity index (χ1v) is 6.96. The minimum absolute atomic E-state index is 0.00492. The van der Waals surface area contributed by atoms with Crippen molar-refractivity contribution in [1.29, 1.82) is 0 Å². The molecule has 7 heteroatoms. The molecule has 1 saturated heterocycles. The van der Waals surface area contributed by atoms with Gasteiger partial charge in [-0.15, -0.1) is 0 Å². The Labute approximate surface area is 120 Å². The molecule has 1 aromatic carbocycles. The van der Waals surface area contributed by atoms with Crippen molar-refractivity contribution in [2.75, 3.05) is 39.3 Å². The topological polar surface area (TPSA) is 67.6 Å². The lowest BCUT2D eigenvalue weighted by atomic mass is 10.3. The standard InChI is InChI=1S/C12H16BrN3O3/c13-10-1-2-12(11(9-10)16(17)18)19-8-7-15-5-3-14-4-6-15/h1-2,9,14H,3-8H2. The van der Waals surface area contributed by atoms with E-state index in [2.05, 4.69) is 26.1 Å². The number of piperazine rings is 1. The summed E-state index contributed by atoms with van der Waals surface area (Å²) >= 11 is 3.22. The van der Waals surface area contributed by atoms with E-state index in [9.17, 15) is 10.1 Å². The van der Waals surface area contributed by atoms with Crippen LogP contribution < -0.4 is 10.1 Å². The first-order chi connectivity index (χ1) is 9.16. The molecular formula is C12H16BrN3O3. The van der Waals surface area contributed by atoms with E-state index in [0.29, 0.717) is 16.8 Å². The number of hydrogen-bond donors (Lipinski definition) is 1. The lowest BCUT2D eigenvalue weighted by Gasteiger charge is -2.26. The summed E-state index contributed by atoms with van der Waals surface area (Å²) in [4.78, 5) is 12.8. The predicted molar refractivity (Wildman–Crippen MR) is 75.6 cm³/mol. The highest BCUT2D eigenvalue weighted by Crippen LogP contribution is 2.29. The molecule has 19 heavy (non-hydrogen) atoms. The van der Waals surface area contributed by atoms with Crippen molar-refractivity contribution in [3.05, 3.63) is 32.8 Å². The Kier molecular flexibility index (Phi) is 5.12. The van der Waals surface area contributed by atoms with Gasteiger partial charge in [0.25, 0.3) is 0 Å². The second kappa shape index (κ2) is 6.83. The molecule has 0 spiro atoms. The van der Waals surface area contributed by atoms with Gasteiger partial charge in [-0.2, -0.15) is 0 Å². The van der Waals surface area contributed by atoms with Crippen molar-refractivity contribution in [3.8, 4) is 5.75 Å². The number of nitro groups is 1. The van der Waals surface area contributed by atoms with Crippen molar-refractivity contribution in [1.82, 2.24) is 10.2 Å². The molecule has 1 aliphatic rings. The number of hydrogen-bond acceptors (Lipinski definition) is 5. The summed E-state index contributed by atoms with van der Waals surface area (Å²) in [5, 5.41) is 14.2. The van der Waals surface area contributed by atoms with Gasteiger partial charge in [-0.05, 0) is 12.1 Å². The Hall–Kier alpha value is -1.18. The molecule has 6 nitrogen and oxygen atoms in total. The van der Waals surface area contributed by atoms with Crippen molar-refractivity contribution in [3.63, 3.8) is 0 Å². The molecule has 0 saturated carbocycles. The Bertz CT molecular complexity index is 450. The Balaban J connectivity index is 1.89. The van der Waals surface area contributed by atoms with Crippen LogP contribution in [0.5, 0.6) is 5.75 Å². The zero-order chi connectivity index (χ0) is 13.7. The van der Waals surface area contributed by atoms with Gasteiger partial charge in [0.2, 0.25) is 0 Å². The van der Waals surface area contributed by atoms with Crippen LogP contribution in [0, 0.1) is 10.1 Å². The van der Waals surface area contributed by atoms with Gasteiger partial charge in [0, 0.05) is 43.3 Å². The Morgan fingerprint density at radius 3 is 2.84 bits per heavy atom. The minimum atomic E-state index is -0.426. The maximum atomic E-state index is 10.9. The van der Waals surface area contributed by atoms with Gasteiger partial charge in [0.1, 0.15) is 6.61 Å². The second-order valence-corrected chi connectivity index (χ2v) is 5.22. The fourth-order valence-electron chi connectivity index (χ4n) is 1.97. The lowest BCUT2D eigenvalue weighted by Crippen LogP contribution is -2.44. The van der Waals surface area contributed by atoms with Crippen molar-refractivity contribution in [2.24, 2.45) is 0 Å². The van der Waals surface area contributed by atoms with E-state index in [1.165, 1.54) is 6.07 Å². The van der Waals surface area contributed by atoms with E-state index in [0.717, 1.165) is 32.7 Å². The number of ether oxygens (including phenoxy) is 1. The van der Waals surface area contributed by atoms with Crippen LogP contribution in [0.25, 0.3) is 0 Å². The summed E-state index contributed by atoms with van der Waals surface area (Å²) in [5.41, 5.74) is -0.00492. The average Bonchev–Trinajstić information content (AvgIpc) is 2.41. The molecule has 1 aliphatic heterocycles. The molecule has 0 bridgehead atoms. The fourth-order valence-corrected chi connectivity index (χ4v) is 2.32. The van der Waals surface area contributed by atoms with Gasteiger partial charge in [-0.25, -0.2) is 0 Å².